The van der Waals surface area contributed by atoms with E-state index in [1.54, 1.807) is 0 Å². The van der Waals surface area contributed by atoms with Gasteiger partial charge in [-0.2, -0.15) is 0 Å². The molecule has 3 N–H and O–H groups in total. The fraction of sp³-hybridized carbons (Fsp3) is 1.00. The van der Waals surface area contributed by atoms with Gasteiger partial charge >= 0.3 is 0 Å². The van der Waals surface area contributed by atoms with E-state index in [9.17, 15) is 15.3 Å². The predicted octanol–water partition coefficient (Wildman–Crippen LogP) is -0.284. The molecule has 4 heteroatoms. The Kier molecular flexibility index (Phi) is 2.70. The largest absolute Gasteiger partial charge is 0.391 e. The molecule has 0 aromatic heterocycles. The molecule has 2 saturated heterocycles. The highest BCUT2D eigenvalue weighted by atomic mass is 16.3. The van der Waals surface area contributed by atoms with Crippen LogP contribution in [0.3, 0.4) is 0 Å². The summed E-state index contributed by atoms with van der Waals surface area (Å²) in [5.74, 6) is 0.567. The maximum absolute atomic E-state index is 10.1. The van der Waals surface area contributed by atoms with Crippen LogP contribution in [0.1, 0.15) is 32.1 Å². The van der Waals surface area contributed by atoms with Crippen LogP contribution in [0.4, 0.5) is 0 Å². The SMILES string of the molecule is O[C@H]1[C@H]2[C@H](O)CC3CCCCC3N2C[C@H]1O. The van der Waals surface area contributed by atoms with Crippen molar-refractivity contribution in [3.8, 4) is 0 Å². The van der Waals surface area contributed by atoms with Crippen LogP contribution < -0.4 is 0 Å². The number of hydrogen-bond donors (Lipinski definition) is 3. The molecular weight excluding hydrogens is 206 g/mol. The van der Waals surface area contributed by atoms with Gasteiger partial charge in [0.05, 0.1) is 24.4 Å². The smallest absolute Gasteiger partial charge is 0.0991 e. The van der Waals surface area contributed by atoms with Crippen LogP contribution in [0.2, 0.25) is 0 Å². The Labute approximate surface area is 95.9 Å². The van der Waals surface area contributed by atoms with E-state index in [1.807, 2.05) is 0 Å². The van der Waals surface area contributed by atoms with Gasteiger partial charge < -0.3 is 15.3 Å². The molecule has 3 rings (SSSR count). The lowest BCUT2D eigenvalue weighted by Gasteiger charge is -2.48. The quantitative estimate of drug-likeness (QED) is 0.532. The van der Waals surface area contributed by atoms with Gasteiger partial charge in [-0.1, -0.05) is 12.8 Å². The first-order valence-electron chi connectivity index (χ1n) is 6.48. The van der Waals surface area contributed by atoms with Gasteiger partial charge in [0.15, 0.2) is 0 Å². The first-order chi connectivity index (χ1) is 7.68. The summed E-state index contributed by atoms with van der Waals surface area (Å²) in [6.45, 7) is 0.532. The summed E-state index contributed by atoms with van der Waals surface area (Å²) in [6, 6.07) is 0.253. The number of piperidine rings is 1. The minimum absolute atomic E-state index is 0.227. The van der Waals surface area contributed by atoms with Gasteiger partial charge in [0.1, 0.15) is 0 Å². The van der Waals surface area contributed by atoms with Gasteiger partial charge in [-0.3, -0.25) is 4.90 Å². The van der Waals surface area contributed by atoms with E-state index in [0.717, 1.165) is 12.8 Å². The second-order valence-electron chi connectivity index (χ2n) is 5.66. The summed E-state index contributed by atoms with van der Waals surface area (Å²) in [5, 5.41) is 29.7. The molecule has 3 aliphatic rings. The molecule has 0 aromatic rings. The van der Waals surface area contributed by atoms with Crippen molar-refractivity contribution in [3.63, 3.8) is 0 Å². The Morgan fingerprint density at radius 1 is 0.938 bits per heavy atom. The lowest BCUT2D eigenvalue weighted by Crippen LogP contribution is -2.57. The average molecular weight is 227 g/mol. The molecule has 1 aliphatic carbocycles. The van der Waals surface area contributed by atoms with E-state index < -0.39 is 18.3 Å². The first kappa shape index (κ1) is 11.0. The molecule has 2 unspecified atom stereocenters. The van der Waals surface area contributed by atoms with Gasteiger partial charge in [-0.15, -0.1) is 0 Å². The fourth-order valence-electron chi connectivity index (χ4n) is 4.02. The minimum atomic E-state index is -0.766. The molecule has 1 saturated carbocycles. The Hall–Kier alpha value is -0.160. The van der Waals surface area contributed by atoms with Crippen molar-refractivity contribution in [2.45, 2.75) is 62.5 Å². The monoisotopic (exact) mass is 227 g/mol. The molecule has 4 nitrogen and oxygen atoms in total. The van der Waals surface area contributed by atoms with Gasteiger partial charge in [-0.05, 0) is 25.2 Å². The minimum Gasteiger partial charge on any atom is -0.391 e. The van der Waals surface area contributed by atoms with Crippen LogP contribution >= 0.6 is 0 Å². The number of aliphatic hydroxyl groups excluding tert-OH is 3. The van der Waals surface area contributed by atoms with Crippen molar-refractivity contribution in [1.29, 1.82) is 0 Å². The van der Waals surface area contributed by atoms with E-state index in [-0.39, 0.29) is 6.04 Å². The lowest BCUT2D eigenvalue weighted by molar-refractivity contribution is -0.0759. The van der Waals surface area contributed by atoms with Crippen LogP contribution in [-0.4, -0.2) is 57.2 Å². The summed E-state index contributed by atoms with van der Waals surface area (Å²) in [7, 11) is 0. The van der Waals surface area contributed by atoms with E-state index in [4.69, 9.17) is 0 Å². The third kappa shape index (κ3) is 1.51. The number of nitrogens with zero attached hydrogens (tertiary/aromatic N) is 1. The van der Waals surface area contributed by atoms with Crippen LogP contribution in [-0.2, 0) is 0 Å². The van der Waals surface area contributed by atoms with Crippen molar-refractivity contribution < 1.29 is 15.3 Å². The van der Waals surface area contributed by atoms with Crippen molar-refractivity contribution >= 4 is 0 Å². The molecule has 2 heterocycles. The Morgan fingerprint density at radius 3 is 2.50 bits per heavy atom. The average Bonchev–Trinajstić information content (AvgIpc) is 2.57. The Morgan fingerprint density at radius 2 is 1.69 bits per heavy atom. The van der Waals surface area contributed by atoms with Crippen LogP contribution in [0.5, 0.6) is 0 Å². The molecule has 2 aliphatic heterocycles. The van der Waals surface area contributed by atoms with Crippen molar-refractivity contribution in [3.05, 3.63) is 0 Å². The molecule has 0 aromatic carbocycles. The topological polar surface area (TPSA) is 63.9 Å². The van der Waals surface area contributed by atoms with E-state index in [1.165, 1.54) is 19.3 Å². The van der Waals surface area contributed by atoms with E-state index in [0.29, 0.717) is 18.5 Å². The van der Waals surface area contributed by atoms with Crippen molar-refractivity contribution in [1.82, 2.24) is 4.90 Å². The zero-order valence-corrected chi connectivity index (χ0v) is 9.50. The van der Waals surface area contributed by atoms with Gasteiger partial charge in [0.25, 0.3) is 0 Å². The van der Waals surface area contributed by atoms with Crippen LogP contribution in [0, 0.1) is 5.92 Å². The maximum Gasteiger partial charge on any atom is 0.0991 e. The molecule has 3 fully saturated rings. The molecule has 6 atom stereocenters. The summed E-state index contributed by atoms with van der Waals surface area (Å²) in [5.41, 5.74) is 0. The zero-order chi connectivity index (χ0) is 11.3. The lowest BCUT2D eigenvalue weighted by atomic mass is 9.75. The fourth-order valence-corrected chi connectivity index (χ4v) is 4.02. The summed E-state index contributed by atoms with van der Waals surface area (Å²) >= 11 is 0. The highest BCUT2D eigenvalue weighted by molar-refractivity contribution is 5.05. The van der Waals surface area contributed by atoms with Gasteiger partial charge in [-0.25, -0.2) is 0 Å². The highest BCUT2D eigenvalue weighted by Gasteiger charge is 2.51. The molecule has 0 radical (unpaired) electrons. The van der Waals surface area contributed by atoms with E-state index >= 15 is 0 Å². The highest BCUT2D eigenvalue weighted by Crippen LogP contribution is 2.41. The number of aliphatic hydroxyl groups is 3. The third-order valence-corrected chi connectivity index (χ3v) is 4.76. The maximum atomic E-state index is 10.1. The molecule has 0 spiro atoms. The van der Waals surface area contributed by atoms with Crippen LogP contribution in [0.15, 0.2) is 0 Å². The molecule has 0 bridgehead atoms. The first-order valence-corrected chi connectivity index (χ1v) is 6.48. The Balaban J connectivity index is 1.84. The zero-order valence-electron chi connectivity index (χ0n) is 9.50. The molecule has 16 heavy (non-hydrogen) atoms. The summed E-state index contributed by atoms with van der Waals surface area (Å²) < 4.78 is 0. The summed E-state index contributed by atoms with van der Waals surface area (Å²) in [6.07, 6.45) is 3.74. The van der Waals surface area contributed by atoms with Gasteiger partial charge in [0.2, 0.25) is 0 Å². The Bertz CT molecular complexity index is 273. The van der Waals surface area contributed by atoms with Crippen molar-refractivity contribution in [2.75, 3.05) is 6.54 Å². The number of fused-ring (bicyclic) bond motifs is 3. The van der Waals surface area contributed by atoms with E-state index in [2.05, 4.69) is 4.90 Å². The number of rotatable bonds is 0. The number of hydrogen-bond acceptors (Lipinski definition) is 4. The summed E-state index contributed by atoms with van der Waals surface area (Å²) in [4.78, 5) is 2.17. The standard InChI is InChI=1S/C12H21NO3/c14-9-5-7-3-1-2-4-8(7)13-6-10(15)12(16)11(9)13/h7-12,14-16H,1-6H2/t7?,8?,9-,10-,11-,12-/m1/s1. The predicted molar refractivity (Wildman–Crippen MR) is 58.9 cm³/mol. The van der Waals surface area contributed by atoms with Crippen LogP contribution in [0.25, 0.3) is 0 Å². The molecular formula is C12H21NO3. The van der Waals surface area contributed by atoms with Crippen molar-refractivity contribution in [2.24, 2.45) is 5.92 Å². The second kappa shape index (κ2) is 3.95. The van der Waals surface area contributed by atoms with Gasteiger partial charge in [0, 0.05) is 12.6 Å². The third-order valence-electron chi connectivity index (χ3n) is 4.76. The molecule has 92 valence electrons. The molecule has 0 amide bonds. The second-order valence-corrected chi connectivity index (χ2v) is 5.66. The normalized spacial score (nSPS) is 53.4.